The molecule has 2 N–H and O–H groups in total. The third-order valence-electron chi connectivity index (χ3n) is 6.59. The summed E-state index contributed by atoms with van der Waals surface area (Å²) >= 11 is 7.14. The molecular weight excluding hydrogens is 560 g/mol. The molecule has 1 fully saturated rings. The van der Waals surface area contributed by atoms with Gasteiger partial charge in [-0.1, -0.05) is 38.1 Å². The number of nitrogens with zero attached hydrogens (tertiary/aromatic N) is 2. The van der Waals surface area contributed by atoms with E-state index in [9.17, 15) is 9.59 Å². The number of aromatic amines is 1. The molecule has 2 unspecified atom stereocenters. The minimum Gasteiger partial charge on any atom is -0.453 e. The molecular formula is C26H27BrN4O3S2. The molecule has 2 amide bonds. The molecule has 2 atom stereocenters. The molecule has 36 heavy (non-hydrogen) atoms. The van der Waals surface area contributed by atoms with Crippen LogP contribution in [0.4, 0.5) is 4.79 Å². The number of hydrogen-bond acceptors (Lipinski definition) is 6. The minimum atomic E-state index is -0.646. The number of amides is 2. The van der Waals surface area contributed by atoms with Crippen molar-refractivity contribution in [3.63, 3.8) is 0 Å². The highest BCUT2D eigenvalue weighted by Gasteiger charge is 2.37. The SMILES string of the molecule is COC(=O)NC(C(=O)N1CCCC1c1ncc(-c2ccc(-c3csc4c(Br)csc34)cc2)[nH]1)C(C)C. The Labute approximate surface area is 226 Å². The van der Waals surface area contributed by atoms with E-state index >= 15 is 0 Å². The van der Waals surface area contributed by atoms with Crippen molar-refractivity contribution in [2.24, 2.45) is 5.92 Å². The molecule has 4 aromatic rings. The molecule has 1 saturated heterocycles. The molecule has 1 aliphatic rings. The van der Waals surface area contributed by atoms with E-state index in [-0.39, 0.29) is 17.9 Å². The fourth-order valence-corrected chi connectivity index (χ4v) is 7.73. The van der Waals surface area contributed by atoms with Gasteiger partial charge in [-0.3, -0.25) is 4.79 Å². The van der Waals surface area contributed by atoms with Crippen molar-refractivity contribution in [1.82, 2.24) is 20.2 Å². The van der Waals surface area contributed by atoms with E-state index in [4.69, 9.17) is 4.74 Å². The number of halogens is 1. The number of hydrogen-bond donors (Lipinski definition) is 2. The summed E-state index contributed by atoms with van der Waals surface area (Å²) in [6, 6.07) is 7.69. The van der Waals surface area contributed by atoms with Crippen molar-refractivity contribution in [1.29, 1.82) is 0 Å². The third kappa shape index (κ3) is 4.69. The number of H-pyrrole nitrogens is 1. The summed E-state index contributed by atoms with van der Waals surface area (Å²) in [5, 5.41) is 7.04. The molecule has 0 aliphatic carbocycles. The Bertz CT molecular complexity index is 1390. The second kappa shape index (κ2) is 10.4. The van der Waals surface area contributed by atoms with Gasteiger partial charge in [0, 0.05) is 27.3 Å². The maximum atomic E-state index is 13.4. The molecule has 1 aliphatic heterocycles. The standard InChI is InChI=1S/C26H27BrN4O3S2/c1-14(2)21(30-26(33)34-3)25(32)31-10-4-5-20(31)24-28-11-19(29-24)16-8-6-15(7-9-16)17-12-35-23-18(27)13-36-22(17)23/h6-9,11-14,20-21H,4-5,10H2,1-3H3,(H,28,29)(H,30,33). The third-order valence-corrected chi connectivity index (χ3v) is 9.93. The van der Waals surface area contributed by atoms with Crippen molar-refractivity contribution in [3.8, 4) is 22.4 Å². The van der Waals surface area contributed by atoms with Crippen LogP contribution < -0.4 is 5.32 Å². The van der Waals surface area contributed by atoms with Gasteiger partial charge in [-0.15, -0.1) is 22.7 Å². The summed E-state index contributed by atoms with van der Waals surface area (Å²) in [5.74, 6) is 0.592. The second-order valence-electron chi connectivity index (χ2n) is 9.20. The number of fused-ring (bicyclic) bond motifs is 1. The van der Waals surface area contributed by atoms with Crippen molar-refractivity contribution in [2.75, 3.05) is 13.7 Å². The first-order valence-electron chi connectivity index (χ1n) is 11.8. The Balaban J connectivity index is 1.34. The summed E-state index contributed by atoms with van der Waals surface area (Å²) in [6.45, 7) is 4.46. The lowest BCUT2D eigenvalue weighted by atomic mass is 10.0. The average Bonchev–Trinajstić information content (AvgIpc) is 3.67. The maximum Gasteiger partial charge on any atom is 0.407 e. The Morgan fingerprint density at radius 1 is 1.17 bits per heavy atom. The van der Waals surface area contributed by atoms with E-state index in [0.29, 0.717) is 6.54 Å². The molecule has 1 aromatic carbocycles. The molecule has 0 spiro atoms. The molecule has 0 bridgehead atoms. The Morgan fingerprint density at radius 3 is 2.61 bits per heavy atom. The highest BCUT2D eigenvalue weighted by atomic mass is 79.9. The quantitative estimate of drug-likeness (QED) is 0.259. The average molecular weight is 588 g/mol. The van der Waals surface area contributed by atoms with Crippen LogP contribution >= 0.6 is 38.6 Å². The largest absolute Gasteiger partial charge is 0.453 e. The monoisotopic (exact) mass is 586 g/mol. The van der Waals surface area contributed by atoms with Crippen LogP contribution in [0.5, 0.6) is 0 Å². The number of methoxy groups -OCH3 is 1. The second-order valence-corrected chi connectivity index (χ2v) is 11.8. The molecule has 3 aromatic heterocycles. The number of ether oxygens (including phenoxy) is 1. The van der Waals surface area contributed by atoms with Gasteiger partial charge in [-0.2, -0.15) is 0 Å². The Morgan fingerprint density at radius 2 is 1.89 bits per heavy atom. The fraction of sp³-hybridized carbons (Fsp3) is 0.346. The number of nitrogens with one attached hydrogen (secondary N) is 2. The molecule has 7 nitrogen and oxygen atoms in total. The van der Waals surface area contributed by atoms with Crippen molar-refractivity contribution in [3.05, 3.63) is 51.5 Å². The van der Waals surface area contributed by atoms with Crippen LogP contribution in [0.2, 0.25) is 0 Å². The lowest BCUT2D eigenvalue weighted by molar-refractivity contribution is -0.135. The van der Waals surface area contributed by atoms with Gasteiger partial charge in [-0.05, 0) is 45.8 Å². The number of carbonyl (C=O) groups is 2. The lowest BCUT2D eigenvalue weighted by Gasteiger charge is -2.30. The van der Waals surface area contributed by atoms with E-state index in [2.05, 4.69) is 66.2 Å². The summed E-state index contributed by atoms with van der Waals surface area (Å²) in [6.07, 6.45) is 2.94. The predicted molar refractivity (Wildman–Crippen MR) is 148 cm³/mol. The number of likely N-dealkylation sites (tertiary alicyclic amines) is 1. The number of thiophene rings is 2. The van der Waals surface area contributed by atoms with E-state index in [1.165, 1.54) is 27.6 Å². The van der Waals surface area contributed by atoms with Gasteiger partial charge in [0.25, 0.3) is 0 Å². The zero-order valence-electron chi connectivity index (χ0n) is 20.2. The first-order chi connectivity index (χ1) is 17.4. The van der Waals surface area contributed by atoms with E-state index in [0.717, 1.165) is 34.4 Å². The molecule has 5 rings (SSSR count). The van der Waals surface area contributed by atoms with Gasteiger partial charge < -0.3 is 19.9 Å². The van der Waals surface area contributed by atoms with Crippen LogP contribution in [-0.4, -0.2) is 46.6 Å². The summed E-state index contributed by atoms with van der Waals surface area (Å²) in [4.78, 5) is 35.1. The van der Waals surface area contributed by atoms with Gasteiger partial charge in [0.15, 0.2) is 0 Å². The number of alkyl carbamates (subject to hydrolysis) is 1. The van der Waals surface area contributed by atoms with Gasteiger partial charge in [0.2, 0.25) is 5.91 Å². The van der Waals surface area contributed by atoms with Crippen molar-refractivity contribution < 1.29 is 14.3 Å². The highest BCUT2D eigenvalue weighted by Crippen LogP contribution is 2.42. The van der Waals surface area contributed by atoms with Crippen LogP contribution in [0.25, 0.3) is 31.8 Å². The molecule has 10 heteroatoms. The number of aromatic nitrogens is 2. The number of rotatable bonds is 6. The normalized spacial score (nSPS) is 16.6. The van der Waals surface area contributed by atoms with Gasteiger partial charge in [0.1, 0.15) is 11.9 Å². The Hall–Kier alpha value is -2.69. The number of carbonyl (C=O) groups excluding carboxylic acids is 2. The summed E-state index contributed by atoms with van der Waals surface area (Å²) < 4.78 is 8.46. The van der Waals surface area contributed by atoms with Gasteiger partial charge in [-0.25, -0.2) is 9.78 Å². The number of benzene rings is 1. The smallest absolute Gasteiger partial charge is 0.407 e. The maximum absolute atomic E-state index is 13.4. The lowest BCUT2D eigenvalue weighted by Crippen LogP contribution is -2.51. The van der Waals surface area contributed by atoms with Gasteiger partial charge >= 0.3 is 6.09 Å². The van der Waals surface area contributed by atoms with Gasteiger partial charge in [0.05, 0.1) is 34.4 Å². The molecule has 188 valence electrons. The van der Waals surface area contributed by atoms with E-state index < -0.39 is 12.1 Å². The molecule has 4 heterocycles. The fourth-order valence-electron chi connectivity index (χ4n) is 4.67. The summed E-state index contributed by atoms with van der Waals surface area (Å²) in [7, 11) is 1.30. The predicted octanol–water partition coefficient (Wildman–Crippen LogP) is 6.83. The van der Waals surface area contributed by atoms with Crippen LogP contribution in [0.1, 0.15) is 38.6 Å². The first kappa shape index (κ1) is 25.0. The van der Waals surface area contributed by atoms with Crippen LogP contribution in [0, 0.1) is 5.92 Å². The Kier molecular flexibility index (Phi) is 7.18. The highest BCUT2D eigenvalue weighted by molar-refractivity contribution is 9.10. The minimum absolute atomic E-state index is 0.0664. The topological polar surface area (TPSA) is 87.3 Å². The first-order valence-corrected chi connectivity index (χ1v) is 14.4. The van der Waals surface area contributed by atoms with Crippen molar-refractivity contribution >= 4 is 60.0 Å². The van der Waals surface area contributed by atoms with Crippen LogP contribution in [0.15, 0.2) is 45.7 Å². The summed E-state index contributed by atoms with van der Waals surface area (Å²) in [5.41, 5.74) is 4.39. The zero-order valence-corrected chi connectivity index (χ0v) is 23.4. The van der Waals surface area contributed by atoms with Crippen LogP contribution in [-0.2, 0) is 9.53 Å². The zero-order chi connectivity index (χ0) is 25.4. The molecule has 0 saturated carbocycles. The number of imidazole rings is 1. The van der Waals surface area contributed by atoms with E-state index in [1.54, 1.807) is 22.7 Å². The van der Waals surface area contributed by atoms with Crippen LogP contribution in [0.3, 0.4) is 0 Å². The molecule has 0 radical (unpaired) electrons. The van der Waals surface area contributed by atoms with Crippen molar-refractivity contribution in [2.45, 2.75) is 38.8 Å². The van der Waals surface area contributed by atoms with E-state index in [1.807, 2.05) is 24.9 Å².